The number of hydrogen-bond acceptors (Lipinski definition) is 7. The minimum absolute atomic E-state index is 0.274. The summed E-state index contributed by atoms with van der Waals surface area (Å²) in [5.41, 5.74) is 3.68. The summed E-state index contributed by atoms with van der Waals surface area (Å²) < 4.78 is 36.9. The maximum absolute atomic E-state index is 13.0. The lowest BCUT2D eigenvalue weighted by Crippen LogP contribution is -2.18. The number of fused-ring (bicyclic) bond motifs is 2. The second-order valence-corrected chi connectivity index (χ2v) is 9.09. The number of rotatable bonds is 3. The molecule has 1 fully saturated rings. The molecule has 38 heavy (non-hydrogen) atoms. The van der Waals surface area contributed by atoms with Gasteiger partial charge in [0.25, 0.3) is 0 Å². The molecule has 2 aromatic carbocycles. The van der Waals surface area contributed by atoms with E-state index in [1.54, 1.807) is 36.4 Å². The Hall–Kier alpha value is -4.37. The smallest absolute Gasteiger partial charge is 0.249 e. The van der Waals surface area contributed by atoms with E-state index in [9.17, 15) is 8.78 Å². The Balaban J connectivity index is 0.000000142. The highest BCUT2D eigenvalue weighted by atomic mass is 35.5. The number of nitrogens with zero attached hydrogens (tertiary/aromatic N) is 5. The van der Waals surface area contributed by atoms with Crippen molar-refractivity contribution in [1.29, 1.82) is 0 Å². The predicted molar refractivity (Wildman–Crippen MR) is 141 cm³/mol. The second kappa shape index (κ2) is 10.2. The molecule has 0 amide bonds. The van der Waals surface area contributed by atoms with Crippen molar-refractivity contribution in [2.45, 2.75) is 12.8 Å². The van der Waals surface area contributed by atoms with Gasteiger partial charge in [-0.2, -0.15) is 9.97 Å². The summed E-state index contributed by atoms with van der Waals surface area (Å²) in [7, 11) is 0. The zero-order valence-corrected chi connectivity index (χ0v) is 20.7. The summed E-state index contributed by atoms with van der Waals surface area (Å²) in [6.07, 6.45) is 2.41. The molecular weight excluding hydrogens is 512 g/mol. The molecule has 1 aliphatic rings. The van der Waals surface area contributed by atoms with Crippen molar-refractivity contribution < 1.29 is 17.6 Å². The van der Waals surface area contributed by atoms with Gasteiger partial charge < -0.3 is 13.7 Å². The minimum Gasteiger partial charge on any atom is -0.418 e. The number of aromatic nitrogens is 4. The third-order valence-corrected chi connectivity index (χ3v) is 6.29. The summed E-state index contributed by atoms with van der Waals surface area (Å²) >= 11 is 5.75. The van der Waals surface area contributed by atoms with Gasteiger partial charge in [0.15, 0.2) is 0 Å². The lowest BCUT2D eigenvalue weighted by atomic mass is 10.2. The lowest BCUT2D eigenvalue weighted by molar-refractivity contribution is 0.605. The van der Waals surface area contributed by atoms with E-state index in [1.807, 2.05) is 12.1 Å². The first-order chi connectivity index (χ1) is 18.5. The number of benzene rings is 2. The van der Waals surface area contributed by atoms with Gasteiger partial charge in [-0.1, -0.05) is 11.6 Å². The van der Waals surface area contributed by atoms with Gasteiger partial charge >= 0.3 is 0 Å². The van der Waals surface area contributed by atoms with Crippen molar-refractivity contribution >= 4 is 39.9 Å². The average Bonchev–Trinajstić information content (AvgIpc) is 3.69. The standard InChI is InChI=1S/C16H14FN3O.C12H6ClFN2O/c17-12-5-3-11(4-6-12)15-18-13-7-8-14(19-16(13)21-15)20-9-1-2-10-20;13-10-6-5-9-12(16-10)17-11(15-9)7-1-3-8(14)4-2-7/h3-8H,1-2,9-10H2;1-6H. The van der Waals surface area contributed by atoms with E-state index in [1.165, 1.54) is 37.1 Å². The molecule has 0 N–H and O–H groups in total. The molecule has 6 aromatic rings. The monoisotopic (exact) mass is 531 g/mol. The zero-order chi connectivity index (χ0) is 26.1. The normalized spacial score (nSPS) is 13.2. The van der Waals surface area contributed by atoms with Crippen LogP contribution >= 0.6 is 11.6 Å². The Morgan fingerprint density at radius 1 is 0.605 bits per heavy atom. The highest BCUT2D eigenvalue weighted by Gasteiger charge is 2.16. The minimum atomic E-state index is -0.300. The Labute approximate surface area is 220 Å². The first-order valence-corrected chi connectivity index (χ1v) is 12.4. The fourth-order valence-electron chi connectivity index (χ4n) is 4.16. The molecule has 0 unspecified atom stereocenters. The Bertz CT molecular complexity index is 1710. The highest BCUT2D eigenvalue weighted by Crippen LogP contribution is 2.27. The van der Waals surface area contributed by atoms with Crippen LogP contribution in [-0.2, 0) is 0 Å². The van der Waals surface area contributed by atoms with Gasteiger partial charge in [-0.3, -0.25) is 0 Å². The molecule has 0 aliphatic carbocycles. The average molecular weight is 532 g/mol. The predicted octanol–water partition coefficient (Wildman–Crippen LogP) is 7.31. The first-order valence-electron chi connectivity index (χ1n) is 12.0. The molecule has 7 rings (SSSR count). The van der Waals surface area contributed by atoms with E-state index in [4.69, 9.17) is 20.4 Å². The molecule has 1 saturated heterocycles. The first kappa shape index (κ1) is 24.0. The van der Waals surface area contributed by atoms with E-state index < -0.39 is 0 Å². The zero-order valence-electron chi connectivity index (χ0n) is 19.9. The van der Waals surface area contributed by atoms with Gasteiger partial charge in [0.05, 0.1) is 0 Å². The molecule has 190 valence electrons. The number of oxazole rings is 2. The Morgan fingerprint density at radius 2 is 1.11 bits per heavy atom. The fourth-order valence-corrected chi connectivity index (χ4v) is 4.30. The topological polar surface area (TPSA) is 81.1 Å². The molecule has 0 bridgehead atoms. The van der Waals surface area contributed by atoms with Crippen molar-refractivity contribution in [1.82, 2.24) is 19.9 Å². The Morgan fingerprint density at radius 3 is 1.66 bits per heavy atom. The molecule has 7 nitrogen and oxygen atoms in total. The molecule has 5 heterocycles. The summed E-state index contributed by atoms with van der Waals surface area (Å²) in [5, 5.41) is 0.347. The van der Waals surface area contributed by atoms with Crippen LogP contribution < -0.4 is 4.90 Å². The van der Waals surface area contributed by atoms with Crippen molar-refractivity contribution in [3.63, 3.8) is 0 Å². The van der Waals surface area contributed by atoms with Crippen molar-refractivity contribution in [2.24, 2.45) is 0 Å². The molecule has 0 saturated carbocycles. The molecule has 10 heteroatoms. The molecule has 0 atom stereocenters. The van der Waals surface area contributed by atoms with Crippen molar-refractivity contribution in [3.05, 3.63) is 89.6 Å². The molecular formula is C28H20ClF2N5O2. The summed E-state index contributed by atoms with van der Waals surface area (Å²) in [5.74, 6) is 1.22. The summed E-state index contributed by atoms with van der Waals surface area (Å²) in [6, 6.07) is 19.3. The van der Waals surface area contributed by atoms with Crippen molar-refractivity contribution in [2.75, 3.05) is 18.0 Å². The molecule has 4 aromatic heterocycles. The van der Waals surface area contributed by atoms with Crippen LogP contribution in [0.25, 0.3) is 45.4 Å². The molecule has 1 aliphatic heterocycles. The van der Waals surface area contributed by atoms with Gasteiger partial charge in [0.2, 0.25) is 23.2 Å². The highest BCUT2D eigenvalue weighted by molar-refractivity contribution is 6.29. The van der Waals surface area contributed by atoms with Gasteiger partial charge in [0, 0.05) is 24.2 Å². The van der Waals surface area contributed by atoms with Crippen LogP contribution in [-0.4, -0.2) is 33.0 Å². The van der Waals surface area contributed by atoms with E-state index in [0.29, 0.717) is 39.4 Å². The van der Waals surface area contributed by atoms with Crippen LogP contribution in [0.15, 0.2) is 81.6 Å². The lowest BCUT2D eigenvalue weighted by Gasteiger charge is -2.15. The number of pyridine rings is 2. The number of hydrogen-bond donors (Lipinski definition) is 0. The second-order valence-electron chi connectivity index (χ2n) is 8.70. The van der Waals surface area contributed by atoms with Gasteiger partial charge in [-0.15, -0.1) is 0 Å². The fraction of sp³-hybridized carbons (Fsp3) is 0.143. The van der Waals surface area contributed by atoms with E-state index in [-0.39, 0.29) is 11.6 Å². The maximum atomic E-state index is 13.0. The number of anilines is 1. The third kappa shape index (κ3) is 5.05. The van der Waals surface area contributed by atoms with E-state index in [0.717, 1.165) is 30.0 Å². The van der Waals surface area contributed by atoms with Gasteiger partial charge in [-0.25, -0.2) is 18.7 Å². The molecule has 0 spiro atoms. The molecule has 0 radical (unpaired) electrons. The largest absolute Gasteiger partial charge is 0.418 e. The van der Waals surface area contributed by atoms with Gasteiger partial charge in [-0.05, 0) is 85.6 Å². The van der Waals surface area contributed by atoms with Gasteiger partial charge in [0.1, 0.15) is 33.6 Å². The van der Waals surface area contributed by atoms with E-state index in [2.05, 4.69) is 24.8 Å². The van der Waals surface area contributed by atoms with Crippen LogP contribution in [0.1, 0.15) is 12.8 Å². The van der Waals surface area contributed by atoms with Crippen LogP contribution in [0.5, 0.6) is 0 Å². The quantitative estimate of drug-likeness (QED) is 0.221. The Kier molecular flexibility index (Phi) is 6.43. The van der Waals surface area contributed by atoms with E-state index >= 15 is 0 Å². The maximum Gasteiger partial charge on any atom is 0.249 e. The summed E-state index contributed by atoms with van der Waals surface area (Å²) in [4.78, 5) is 19.4. The van der Waals surface area contributed by atoms with Crippen LogP contribution in [0.3, 0.4) is 0 Å². The summed E-state index contributed by atoms with van der Waals surface area (Å²) in [6.45, 7) is 2.08. The van der Waals surface area contributed by atoms with Crippen LogP contribution in [0.2, 0.25) is 5.15 Å². The van der Waals surface area contributed by atoms with Crippen LogP contribution in [0, 0.1) is 11.6 Å². The van der Waals surface area contributed by atoms with Crippen LogP contribution in [0.4, 0.5) is 14.6 Å². The SMILES string of the molecule is Fc1ccc(-c2nc3ccc(Cl)nc3o2)cc1.Fc1ccc(-c2nc3ccc(N4CCCC4)nc3o2)cc1. The number of halogens is 3. The third-order valence-electron chi connectivity index (χ3n) is 6.07. The van der Waals surface area contributed by atoms with Crippen molar-refractivity contribution in [3.8, 4) is 22.9 Å².